The van der Waals surface area contributed by atoms with Crippen LogP contribution >= 0.6 is 0 Å². The monoisotopic (exact) mass is 382 g/mol. The third-order valence-electron chi connectivity index (χ3n) is 6.43. The third-order valence-corrected chi connectivity index (χ3v) is 6.43. The second-order valence-corrected chi connectivity index (χ2v) is 7.90. The lowest BCUT2D eigenvalue weighted by Gasteiger charge is -2.46. The van der Waals surface area contributed by atoms with Gasteiger partial charge in [0, 0.05) is 31.1 Å². The lowest BCUT2D eigenvalue weighted by Crippen LogP contribution is -2.49. The van der Waals surface area contributed by atoms with Gasteiger partial charge < -0.3 is 19.9 Å². The van der Waals surface area contributed by atoms with Crippen LogP contribution in [0.2, 0.25) is 0 Å². The maximum Gasteiger partial charge on any atom is 0.161 e. The molecule has 2 aliphatic heterocycles. The van der Waals surface area contributed by atoms with Crippen LogP contribution in [0, 0.1) is 6.92 Å². The molecule has 2 aliphatic rings. The number of piperidine rings is 1. The molecule has 0 saturated carbocycles. The van der Waals surface area contributed by atoms with Crippen LogP contribution in [-0.4, -0.2) is 45.4 Å². The van der Waals surface area contributed by atoms with Gasteiger partial charge in [0.05, 0.1) is 21.3 Å². The molecular weight excluding hydrogens is 352 g/mol. The Kier molecular flexibility index (Phi) is 5.21. The summed E-state index contributed by atoms with van der Waals surface area (Å²) >= 11 is 0. The highest BCUT2D eigenvalue weighted by Gasteiger charge is 2.39. The lowest BCUT2D eigenvalue weighted by atomic mass is 9.77. The molecule has 0 unspecified atom stereocenters. The number of fused-ring (bicyclic) bond motifs is 3. The van der Waals surface area contributed by atoms with E-state index in [1.165, 1.54) is 22.3 Å². The molecule has 4 rings (SSSR count). The van der Waals surface area contributed by atoms with E-state index in [2.05, 4.69) is 36.1 Å². The molecule has 2 aromatic carbocycles. The second kappa shape index (κ2) is 7.64. The summed E-state index contributed by atoms with van der Waals surface area (Å²) in [5.41, 5.74) is 12.0. The molecule has 2 N–H and O–H groups in total. The maximum absolute atomic E-state index is 6.73. The van der Waals surface area contributed by atoms with Gasteiger partial charge in [0.25, 0.3) is 0 Å². The van der Waals surface area contributed by atoms with E-state index in [0.717, 1.165) is 43.2 Å². The van der Waals surface area contributed by atoms with Crippen LogP contribution in [0.5, 0.6) is 17.2 Å². The SMILES string of the molecule is COc1ccc([C@H]2CN3CCc4cc(OC)c(OC)cc4[C@@H]3C[C@@H]2N)c(C)c1. The van der Waals surface area contributed by atoms with Gasteiger partial charge in [0.15, 0.2) is 11.5 Å². The normalized spacial score (nSPS) is 24.2. The Labute approximate surface area is 167 Å². The van der Waals surface area contributed by atoms with E-state index in [4.69, 9.17) is 19.9 Å². The number of methoxy groups -OCH3 is 3. The Bertz CT molecular complexity index is 867. The highest BCUT2D eigenvalue weighted by atomic mass is 16.5. The molecule has 2 aromatic rings. The second-order valence-electron chi connectivity index (χ2n) is 7.90. The minimum absolute atomic E-state index is 0.118. The van der Waals surface area contributed by atoms with Gasteiger partial charge >= 0.3 is 0 Å². The molecule has 0 amide bonds. The van der Waals surface area contributed by atoms with Crippen molar-refractivity contribution in [1.82, 2.24) is 4.90 Å². The number of nitrogens with zero attached hydrogens (tertiary/aromatic N) is 1. The minimum atomic E-state index is 0.118. The summed E-state index contributed by atoms with van der Waals surface area (Å²) in [5.74, 6) is 2.84. The van der Waals surface area contributed by atoms with Gasteiger partial charge in [0.1, 0.15) is 5.75 Å². The number of aryl methyl sites for hydroxylation is 1. The summed E-state index contributed by atoms with van der Waals surface area (Å²) in [6, 6.07) is 11.1. The van der Waals surface area contributed by atoms with Crippen molar-refractivity contribution in [2.45, 2.75) is 37.8 Å². The fraction of sp³-hybridized carbons (Fsp3) is 0.478. The summed E-state index contributed by atoms with van der Waals surface area (Å²) in [7, 11) is 5.09. The van der Waals surface area contributed by atoms with Crippen molar-refractivity contribution in [2.75, 3.05) is 34.4 Å². The predicted molar refractivity (Wildman–Crippen MR) is 111 cm³/mol. The van der Waals surface area contributed by atoms with Crippen molar-refractivity contribution >= 4 is 0 Å². The minimum Gasteiger partial charge on any atom is -0.497 e. The highest BCUT2D eigenvalue weighted by molar-refractivity contribution is 5.50. The highest BCUT2D eigenvalue weighted by Crippen LogP contribution is 2.44. The topological polar surface area (TPSA) is 57.0 Å². The summed E-state index contributed by atoms with van der Waals surface area (Å²) in [6.07, 6.45) is 1.97. The zero-order valence-corrected chi connectivity index (χ0v) is 17.2. The number of hydrogen-bond donors (Lipinski definition) is 1. The fourth-order valence-corrected chi connectivity index (χ4v) is 4.90. The standard InChI is InChI=1S/C23H30N2O3/c1-14-9-16(26-2)5-6-17(14)19-13-25-8-7-15-10-22(27-3)23(28-4)11-18(15)21(25)12-20(19)24/h5-6,9-11,19-21H,7-8,12-13,24H2,1-4H3/t19-,20+,21+/m1/s1. The Morgan fingerprint density at radius 2 is 1.71 bits per heavy atom. The van der Waals surface area contributed by atoms with Crippen molar-refractivity contribution < 1.29 is 14.2 Å². The largest absolute Gasteiger partial charge is 0.497 e. The zero-order chi connectivity index (χ0) is 19.8. The smallest absolute Gasteiger partial charge is 0.161 e. The molecule has 0 radical (unpaired) electrons. The molecule has 5 nitrogen and oxygen atoms in total. The fourth-order valence-electron chi connectivity index (χ4n) is 4.90. The molecule has 3 atom stereocenters. The molecule has 0 spiro atoms. The van der Waals surface area contributed by atoms with Gasteiger partial charge in [-0.3, -0.25) is 4.90 Å². The van der Waals surface area contributed by atoms with Crippen LogP contribution in [0.4, 0.5) is 0 Å². The molecular formula is C23H30N2O3. The van der Waals surface area contributed by atoms with E-state index in [-0.39, 0.29) is 6.04 Å². The van der Waals surface area contributed by atoms with E-state index in [1.807, 2.05) is 6.07 Å². The number of rotatable bonds is 4. The maximum atomic E-state index is 6.73. The Morgan fingerprint density at radius 1 is 0.964 bits per heavy atom. The Morgan fingerprint density at radius 3 is 2.39 bits per heavy atom. The van der Waals surface area contributed by atoms with Gasteiger partial charge in [0.2, 0.25) is 0 Å². The average molecular weight is 383 g/mol. The van der Waals surface area contributed by atoms with Gasteiger partial charge in [-0.15, -0.1) is 0 Å². The van der Waals surface area contributed by atoms with Crippen LogP contribution in [0.1, 0.15) is 40.6 Å². The average Bonchev–Trinajstić information content (AvgIpc) is 2.72. The first kappa shape index (κ1) is 19.1. The van der Waals surface area contributed by atoms with E-state index < -0.39 is 0 Å². The number of hydrogen-bond acceptors (Lipinski definition) is 5. The molecule has 28 heavy (non-hydrogen) atoms. The van der Waals surface area contributed by atoms with Crippen LogP contribution in [0.15, 0.2) is 30.3 Å². The Hall–Kier alpha value is -2.24. The molecule has 1 fully saturated rings. The van der Waals surface area contributed by atoms with Crippen LogP contribution in [-0.2, 0) is 6.42 Å². The van der Waals surface area contributed by atoms with E-state index in [0.29, 0.717) is 12.0 Å². The number of ether oxygens (including phenoxy) is 3. The van der Waals surface area contributed by atoms with Crippen molar-refractivity contribution in [3.8, 4) is 17.2 Å². The summed E-state index contributed by atoms with van der Waals surface area (Å²) in [4.78, 5) is 2.59. The molecule has 5 heteroatoms. The van der Waals surface area contributed by atoms with Crippen LogP contribution < -0.4 is 19.9 Å². The molecule has 0 aromatic heterocycles. The number of benzene rings is 2. The molecule has 150 valence electrons. The Balaban J connectivity index is 1.63. The van der Waals surface area contributed by atoms with E-state index >= 15 is 0 Å². The molecule has 0 aliphatic carbocycles. The van der Waals surface area contributed by atoms with E-state index in [9.17, 15) is 0 Å². The molecule has 1 saturated heterocycles. The van der Waals surface area contributed by atoms with Crippen LogP contribution in [0.25, 0.3) is 0 Å². The van der Waals surface area contributed by atoms with Crippen molar-refractivity contribution in [3.63, 3.8) is 0 Å². The first-order valence-electron chi connectivity index (χ1n) is 9.94. The van der Waals surface area contributed by atoms with E-state index in [1.54, 1.807) is 21.3 Å². The first-order valence-corrected chi connectivity index (χ1v) is 9.94. The van der Waals surface area contributed by atoms with Gasteiger partial charge in [-0.05, 0) is 66.3 Å². The van der Waals surface area contributed by atoms with Crippen molar-refractivity contribution in [2.24, 2.45) is 5.73 Å². The summed E-state index contributed by atoms with van der Waals surface area (Å²) in [6.45, 7) is 4.18. The third kappa shape index (κ3) is 3.23. The van der Waals surface area contributed by atoms with Gasteiger partial charge in [-0.2, -0.15) is 0 Å². The lowest BCUT2D eigenvalue weighted by molar-refractivity contribution is 0.109. The molecule has 0 bridgehead atoms. The zero-order valence-electron chi connectivity index (χ0n) is 17.2. The van der Waals surface area contributed by atoms with Crippen molar-refractivity contribution in [1.29, 1.82) is 0 Å². The van der Waals surface area contributed by atoms with Crippen molar-refractivity contribution in [3.05, 3.63) is 52.6 Å². The number of nitrogens with two attached hydrogens (primary N) is 1. The first-order chi connectivity index (χ1) is 13.5. The molecule has 2 heterocycles. The van der Waals surface area contributed by atoms with Crippen LogP contribution in [0.3, 0.4) is 0 Å². The summed E-state index contributed by atoms with van der Waals surface area (Å²) < 4.78 is 16.4. The summed E-state index contributed by atoms with van der Waals surface area (Å²) in [5, 5.41) is 0. The van der Waals surface area contributed by atoms with Gasteiger partial charge in [-0.1, -0.05) is 6.07 Å². The quantitative estimate of drug-likeness (QED) is 0.878. The van der Waals surface area contributed by atoms with Gasteiger partial charge in [-0.25, -0.2) is 0 Å². The predicted octanol–water partition coefficient (Wildman–Crippen LogP) is 3.43.